The van der Waals surface area contributed by atoms with Crippen LogP contribution < -0.4 is 20.7 Å². The minimum atomic E-state index is -0.682. The molecule has 3 amide bonds. The average Bonchev–Trinajstić information content (AvgIpc) is 2.95. The molecule has 0 aliphatic carbocycles. The zero-order valence-electron chi connectivity index (χ0n) is 12.7. The Bertz CT molecular complexity index is 760. The number of benzene rings is 2. The van der Waals surface area contributed by atoms with Crippen LogP contribution >= 0.6 is 0 Å². The third-order valence-corrected chi connectivity index (χ3v) is 3.84. The Hall–Kier alpha value is -3.02. The van der Waals surface area contributed by atoms with Crippen LogP contribution in [-0.2, 0) is 11.2 Å². The van der Waals surface area contributed by atoms with Crippen LogP contribution in [0, 0.1) is 0 Å². The van der Waals surface area contributed by atoms with Crippen molar-refractivity contribution < 1.29 is 14.3 Å². The SMILES string of the molecule is COc1cccc(NC(=O)N2c3ccccc3C[C@@H]2C(N)=O)c1. The summed E-state index contributed by atoms with van der Waals surface area (Å²) >= 11 is 0. The molecule has 0 saturated carbocycles. The number of nitrogens with one attached hydrogen (secondary N) is 1. The molecular formula is C17H17N3O3. The predicted octanol–water partition coefficient (Wildman–Crippen LogP) is 2.14. The fourth-order valence-corrected chi connectivity index (χ4v) is 2.75. The maximum absolute atomic E-state index is 12.7. The van der Waals surface area contributed by atoms with Gasteiger partial charge >= 0.3 is 6.03 Å². The van der Waals surface area contributed by atoms with Crippen molar-refractivity contribution in [3.05, 3.63) is 54.1 Å². The summed E-state index contributed by atoms with van der Waals surface area (Å²) in [6, 6.07) is 13.3. The Morgan fingerprint density at radius 3 is 2.74 bits per heavy atom. The summed E-state index contributed by atoms with van der Waals surface area (Å²) < 4.78 is 5.14. The second-order valence-corrected chi connectivity index (χ2v) is 5.28. The highest BCUT2D eigenvalue weighted by molar-refractivity contribution is 6.08. The van der Waals surface area contributed by atoms with Gasteiger partial charge in [0.15, 0.2) is 0 Å². The first-order chi connectivity index (χ1) is 11.1. The van der Waals surface area contributed by atoms with Crippen molar-refractivity contribution in [1.29, 1.82) is 0 Å². The molecule has 6 nitrogen and oxygen atoms in total. The van der Waals surface area contributed by atoms with E-state index in [2.05, 4.69) is 5.32 Å². The van der Waals surface area contributed by atoms with Gasteiger partial charge in [-0.15, -0.1) is 0 Å². The number of ether oxygens (including phenoxy) is 1. The van der Waals surface area contributed by atoms with Gasteiger partial charge in [0.25, 0.3) is 0 Å². The Balaban J connectivity index is 1.88. The van der Waals surface area contributed by atoms with E-state index in [0.717, 1.165) is 5.56 Å². The number of nitrogens with two attached hydrogens (primary N) is 1. The van der Waals surface area contributed by atoms with E-state index in [-0.39, 0.29) is 0 Å². The maximum atomic E-state index is 12.7. The number of carbonyl (C=O) groups excluding carboxylic acids is 2. The van der Waals surface area contributed by atoms with E-state index in [1.165, 1.54) is 4.90 Å². The van der Waals surface area contributed by atoms with Gasteiger partial charge in [0.05, 0.1) is 7.11 Å². The molecular weight excluding hydrogens is 294 g/mol. The standard InChI is InChI=1S/C17H17N3O3/c1-23-13-7-4-6-12(10-13)19-17(22)20-14-8-3-2-5-11(14)9-15(20)16(18)21/h2-8,10,15H,9H2,1H3,(H2,18,21)(H,19,22)/t15-/m1/s1. The number of amides is 3. The molecule has 0 fully saturated rings. The van der Waals surface area contributed by atoms with Crippen LogP contribution in [0.25, 0.3) is 0 Å². The zero-order valence-corrected chi connectivity index (χ0v) is 12.7. The van der Waals surface area contributed by atoms with E-state index < -0.39 is 18.0 Å². The molecule has 0 unspecified atom stereocenters. The topological polar surface area (TPSA) is 84.7 Å². The highest BCUT2D eigenvalue weighted by atomic mass is 16.5. The van der Waals surface area contributed by atoms with Gasteiger partial charge < -0.3 is 15.8 Å². The fourth-order valence-electron chi connectivity index (χ4n) is 2.75. The number of para-hydroxylation sites is 1. The molecule has 0 spiro atoms. The van der Waals surface area contributed by atoms with E-state index in [1.807, 2.05) is 24.3 Å². The van der Waals surface area contributed by atoms with Gasteiger partial charge in [-0.3, -0.25) is 9.69 Å². The van der Waals surface area contributed by atoms with Crippen molar-refractivity contribution in [2.45, 2.75) is 12.5 Å². The monoisotopic (exact) mass is 311 g/mol. The molecule has 1 atom stereocenters. The first kappa shape index (κ1) is 14.9. The summed E-state index contributed by atoms with van der Waals surface area (Å²) in [6.07, 6.45) is 0.428. The third-order valence-electron chi connectivity index (χ3n) is 3.84. The van der Waals surface area contributed by atoms with Gasteiger partial charge in [0.1, 0.15) is 11.8 Å². The van der Waals surface area contributed by atoms with E-state index in [0.29, 0.717) is 23.5 Å². The van der Waals surface area contributed by atoms with Crippen molar-refractivity contribution >= 4 is 23.3 Å². The van der Waals surface area contributed by atoms with E-state index in [4.69, 9.17) is 10.5 Å². The molecule has 0 aromatic heterocycles. The Morgan fingerprint density at radius 1 is 1.22 bits per heavy atom. The number of primary amides is 1. The van der Waals surface area contributed by atoms with Gasteiger partial charge in [-0.25, -0.2) is 4.79 Å². The van der Waals surface area contributed by atoms with Crippen molar-refractivity contribution in [2.24, 2.45) is 5.73 Å². The molecule has 2 aromatic rings. The van der Waals surface area contributed by atoms with Crippen molar-refractivity contribution in [3.8, 4) is 5.75 Å². The van der Waals surface area contributed by atoms with Gasteiger partial charge in [-0.2, -0.15) is 0 Å². The zero-order chi connectivity index (χ0) is 16.4. The second kappa shape index (κ2) is 6.00. The molecule has 0 saturated heterocycles. The number of nitrogens with zero attached hydrogens (tertiary/aromatic N) is 1. The molecule has 0 bridgehead atoms. The lowest BCUT2D eigenvalue weighted by Crippen LogP contribution is -2.47. The van der Waals surface area contributed by atoms with Gasteiger partial charge in [-0.05, 0) is 23.8 Å². The third kappa shape index (κ3) is 2.83. The van der Waals surface area contributed by atoms with Crippen LogP contribution in [0.3, 0.4) is 0 Å². The number of hydrogen-bond acceptors (Lipinski definition) is 3. The lowest BCUT2D eigenvalue weighted by molar-refractivity contribution is -0.119. The summed E-state index contributed by atoms with van der Waals surface area (Å²) in [6.45, 7) is 0. The van der Waals surface area contributed by atoms with Crippen molar-refractivity contribution in [1.82, 2.24) is 0 Å². The summed E-state index contributed by atoms with van der Waals surface area (Å²) in [5, 5.41) is 2.78. The van der Waals surface area contributed by atoms with Gasteiger partial charge in [0.2, 0.25) is 5.91 Å². The van der Waals surface area contributed by atoms with Crippen LogP contribution in [0.1, 0.15) is 5.56 Å². The number of urea groups is 1. The van der Waals surface area contributed by atoms with Crippen LogP contribution in [0.2, 0.25) is 0 Å². The molecule has 118 valence electrons. The molecule has 1 aliphatic rings. The highest BCUT2D eigenvalue weighted by Gasteiger charge is 2.37. The largest absolute Gasteiger partial charge is 0.497 e. The molecule has 2 aromatic carbocycles. The van der Waals surface area contributed by atoms with Crippen LogP contribution in [0.5, 0.6) is 5.75 Å². The van der Waals surface area contributed by atoms with Crippen LogP contribution in [0.15, 0.2) is 48.5 Å². The number of carbonyl (C=O) groups is 2. The molecule has 1 heterocycles. The molecule has 6 heteroatoms. The number of rotatable bonds is 3. The molecule has 3 N–H and O–H groups in total. The summed E-state index contributed by atoms with van der Waals surface area (Å²) in [4.78, 5) is 25.8. The van der Waals surface area contributed by atoms with Gasteiger partial charge in [-0.1, -0.05) is 24.3 Å². The quantitative estimate of drug-likeness (QED) is 0.911. The van der Waals surface area contributed by atoms with E-state index in [1.54, 1.807) is 31.4 Å². The lowest BCUT2D eigenvalue weighted by Gasteiger charge is -2.23. The molecule has 0 radical (unpaired) electrons. The first-order valence-electron chi connectivity index (χ1n) is 7.21. The first-order valence-corrected chi connectivity index (χ1v) is 7.21. The van der Waals surface area contributed by atoms with Crippen molar-refractivity contribution in [3.63, 3.8) is 0 Å². The summed E-state index contributed by atoms with van der Waals surface area (Å²) in [5.74, 6) is 0.109. The second-order valence-electron chi connectivity index (χ2n) is 5.28. The molecule has 3 rings (SSSR count). The average molecular weight is 311 g/mol. The smallest absolute Gasteiger partial charge is 0.327 e. The number of methoxy groups -OCH3 is 1. The Kier molecular flexibility index (Phi) is 3.89. The molecule has 1 aliphatic heterocycles. The van der Waals surface area contributed by atoms with E-state index >= 15 is 0 Å². The molecule has 23 heavy (non-hydrogen) atoms. The van der Waals surface area contributed by atoms with Crippen LogP contribution in [-0.4, -0.2) is 25.1 Å². The van der Waals surface area contributed by atoms with E-state index in [9.17, 15) is 9.59 Å². The number of hydrogen-bond donors (Lipinski definition) is 2. The Morgan fingerprint density at radius 2 is 2.00 bits per heavy atom. The van der Waals surface area contributed by atoms with Crippen molar-refractivity contribution in [2.75, 3.05) is 17.3 Å². The predicted molar refractivity (Wildman–Crippen MR) is 87.6 cm³/mol. The number of anilines is 2. The summed E-state index contributed by atoms with van der Waals surface area (Å²) in [5.41, 5.74) is 7.68. The summed E-state index contributed by atoms with van der Waals surface area (Å²) in [7, 11) is 1.56. The highest BCUT2D eigenvalue weighted by Crippen LogP contribution is 2.32. The fraction of sp³-hybridized carbons (Fsp3) is 0.176. The van der Waals surface area contributed by atoms with Gasteiger partial charge in [0, 0.05) is 23.9 Å². The normalized spacial score (nSPS) is 15.9. The van der Waals surface area contributed by atoms with Crippen LogP contribution in [0.4, 0.5) is 16.2 Å². The lowest BCUT2D eigenvalue weighted by atomic mass is 10.1. The maximum Gasteiger partial charge on any atom is 0.327 e. The Labute approximate surface area is 133 Å². The minimum Gasteiger partial charge on any atom is -0.497 e. The number of fused-ring (bicyclic) bond motifs is 1. The minimum absolute atomic E-state index is 0.396.